The maximum atomic E-state index is 12.7. The highest BCUT2D eigenvalue weighted by Gasteiger charge is 2.19. The molecule has 5 nitrogen and oxygen atoms in total. The molecule has 130 valence electrons. The second-order valence-electron chi connectivity index (χ2n) is 6.15. The van der Waals surface area contributed by atoms with Gasteiger partial charge < -0.3 is 5.32 Å². The van der Waals surface area contributed by atoms with Crippen molar-refractivity contribution in [1.82, 2.24) is 9.55 Å². The van der Waals surface area contributed by atoms with E-state index in [0.717, 1.165) is 32.9 Å². The number of amides is 1. The number of fused-ring (bicyclic) bond motifs is 1. The van der Waals surface area contributed by atoms with Gasteiger partial charge in [-0.15, -0.1) is 11.3 Å². The Morgan fingerprint density at radius 3 is 2.84 bits per heavy atom. The zero-order valence-electron chi connectivity index (χ0n) is 14.8. The molecule has 0 radical (unpaired) electrons. The van der Waals surface area contributed by atoms with Crippen LogP contribution in [0.15, 0.2) is 35.4 Å². The minimum Gasteiger partial charge on any atom is -0.324 e. The van der Waals surface area contributed by atoms with Crippen LogP contribution in [0.4, 0.5) is 5.69 Å². The molecule has 0 saturated heterocycles. The average Bonchev–Trinajstić information content (AvgIpc) is 3.03. The third-order valence-corrected chi connectivity index (χ3v) is 5.72. The van der Waals surface area contributed by atoms with Crippen LogP contribution < -0.4 is 10.9 Å². The summed E-state index contributed by atoms with van der Waals surface area (Å²) < 4.78 is 1.40. The number of carbonyl (C=O) groups is 1. The van der Waals surface area contributed by atoms with E-state index in [9.17, 15) is 9.59 Å². The van der Waals surface area contributed by atoms with E-state index in [1.165, 1.54) is 22.2 Å². The number of anilines is 1. The van der Waals surface area contributed by atoms with Gasteiger partial charge in [0.25, 0.3) is 5.56 Å². The number of carbonyl (C=O) groups excluding carboxylic acids is 1. The predicted octanol–water partition coefficient (Wildman–Crippen LogP) is 3.84. The highest BCUT2D eigenvalue weighted by molar-refractivity contribution is 7.18. The minimum absolute atomic E-state index is 0.176. The molecule has 0 aliphatic carbocycles. The van der Waals surface area contributed by atoms with Crippen LogP contribution >= 0.6 is 11.3 Å². The number of hydrogen-bond donors (Lipinski definition) is 1. The summed E-state index contributed by atoms with van der Waals surface area (Å²) in [5.41, 5.74) is 2.72. The fourth-order valence-corrected chi connectivity index (χ4v) is 3.61. The first kappa shape index (κ1) is 17.4. The normalized spacial score (nSPS) is 12.3. The Morgan fingerprint density at radius 2 is 2.12 bits per heavy atom. The van der Waals surface area contributed by atoms with Crippen molar-refractivity contribution < 1.29 is 4.79 Å². The third-order valence-electron chi connectivity index (χ3n) is 4.54. The van der Waals surface area contributed by atoms with Gasteiger partial charge in [0.1, 0.15) is 10.9 Å². The summed E-state index contributed by atoms with van der Waals surface area (Å²) in [5.74, 6) is -0.233. The molecule has 1 aromatic carbocycles. The summed E-state index contributed by atoms with van der Waals surface area (Å²) in [6.45, 7) is 7.72. The topological polar surface area (TPSA) is 64.0 Å². The average molecular weight is 355 g/mol. The van der Waals surface area contributed by atoms with Gasteiger partial charge in [0, 0.05) is 10.6 Å². The third kappa shape index (κ3) is 3.22. The van der Waals surface area contributed by atoms with Crippen LogP contribution in [0.3, 0.4) is 0 Å². The Bertz CT molecular complexity index is 1000. The number of hydrogen-bond acceptors (Lipinski definition) is 4. The van der Waals surface area contributed by atoms with Gasteiger partial charge in [-0.2, -0.15) is 0 Å². The van der Waals surface area contributed by atoms with Gasteiger partial charge in [0.2, 0.25) is 5.91 Å². The van der Waals surface area contributed by atoms with Crippen molar-refractivity contribution in [3.8, 4) is 0 Å². The molecule has 3 aromatic rings. The van der Waals surface area contributed by atoms with E-state index >= 15 is 0 Å². The Hall–Kier alpha value is -2.47. The standard InChI is InChI=1S/C19H21N3O2S/c1-5-14-9-15-18(25-14)20-10-22(19(15)24)13(4)17(23)21-16-8-6-7-11(2)12(16)3/h6-10,13H,5H2,1-4H3,(H,21,23)/t13-/m1/s1. The molecule has 3 rings (SSSR count). The second-order valence-corrected chi connectivity index (χ2v) is 7.27. The lowest BCUT2D eigenvalue weighted by Gasteiger charge is -2.16. The van der Waals surface area contributed by atoms with Crippen LogP contribution in [0.2, 0.25) is 0 Å². The molecule has 2 heterocycles. The van der Waals surface area contributed by atoms with Crippen LogP contribution in [0.1, 0.15) is 35.9 Å². The first-order valence-corrected chi connectivity index (χ1v) is 9.10. The molecule has 0 spiro atoms. The minimum atomic E-state index is -0.644. The first-order chi connectivity index (χ1) is 11.9. The number of nitrogens with one attached hydrogen (secondary N) is 1. The number of aryl methyl sites for hydroxylation is 2. The van der Waals surface area contributed by atoms with Gasteiger partial charge in [-0.3, -0.25) is 14.2 Å². The zero-order chi connectivity index (χ0) is 18.1. The van der Waals surface area contributed by atoms with E-state index in [1.807, 2.05) is 45.0 Å². The lowest BCUT2D eigenvalue weighted by Crippen LogP contribution is -2.31. The second kappa shape index (κ2) is 6.80. The lowest BCUT2D eigenvalue weighted by atomic mass is 10.1. The predicted molar refractivity (Wildman–Crippen MR) is 103 cm³/mol. The Kier molecular flexibility index (Phi) is 4.72. The van der Waals surface area contributed by atoms with E-state index < -0.39 is 6.04 Å². The van der Waals surface area contributed by atoms with Gasteiger partial charge >= 0.3 is 0 Å². The molecule has 0 aliphatic heterocycles. The van der Waals surface area contributed by atoms with Crippen molar-refractivity contribution in [2.24, 2.45) is 0 Å². The van der Waals surface area contributed by atoms with E-state index in [-0.39, 0.29) is 11.5 Å². The summed E-state index contributed by atoms with van der Waals surface area (Å²) in [6, 6.07) is 7.00. The van der Waals surface area contributed by atoms with Crippen molar-refractivity contribution in [3.63, 3.8) is 0 Å². The number of aromatic nitrogens is 2. The molecule has 1 amide bonds. The van der Waals surface area contributed by atoms with Crippen LogP contribution in [-0.2, 0) is 11.2 Å². The summed E-state index contributed by atoms with van der Waals surface area (Å²) in [7, 11) is 0. The number of thiophene rings is 1. The zero-order valence-corrected chi connectivity index (χ0v) is 15.6. The van der Waals surface area contributed by atoms with Crippen LogP contribution in [0.25, 0.3) is 10.2 Å². The van der Waals surface area contributed by atoms with Gasteiger partial charge in [0.15, 0.2) is 0 Å². The van der Waals surface area contributed by atoms with E-state index in [4.69, 9.17) is 0 Å². The van der Waals surface area contributed by atoms with Crippen LogP contribution in [-0.4, -0.2) is 15.5 Å². The number of benzene rings is 1. The van der Waals surface area contributed by atoms with Gasteiger partial charge in [0.05, 0.1) is 11.7 Å². The fourth-order valence-electron chi connectivity index (χ4n) is 2.69. The van der Waals surface area contributed by atoms with Crippen molar-refractivity contribution in [1.29, 1.82) is 0 Å². The molecular weight excluding hydrogens is 334 g/mol. The summed E-state index contributed by atoms with van der Waals surface area (Å²) >= 11 is 1.52. The molecule has 1 N–H and O–H groups in total. The number of nitrogens with zero attached hydrogens (tertiary/aromatic N) is 2. The van der Waals surface area contributed by atoms with Crippen molar-refractivity contribution in [3.05, 3.63) is 57.0 Å². The maximum absolute atomic E-state index is 12.7. The van der Waals surface area contributed by atoms with Gasteiger partial charge in [-0.1, -0.05) is 19.1 Å². The largest absolute Gasteiger partial charge is 0.324 e. The van der Waals surface area contributed by atoms with Crippen molar-refractivity contribution >= 4 is 33.1 Å². The molecule has 6 heteroatoms. The van der Waals surface area contributed by atoms with E-state index in [2.05, 4.69) is 10.3 Å². The monoisotopic (exact) mass is 355 g/mol. The highest BCUT2D eigenvalue weighted by Crippen LogP contribution is 2.22. The van der Waals surface area contributed by atoms with Gasteiger partial charge in [-0.25, -0.2) is 4.98 Å². The molecular formula is C19H21N3O2S. The summed E-state index contributed by atoms with van der Waals surface area (Å²) in [6.07, 6.45) is 2.33. The molecule has 0 fully saturated rings. The Labute approximate surface area is 150 Å². The van der Waals surface area contributed by atoms with E-state index in [1.54, 1.807) is 6.92 Å². The first-order valence-electron chi connectivity index (χ1n) is 8.29. The van der Waals surface area contributed by atoms with Crippen LogP contribution in [0.5, 0.6) is 0 Å². The Balaban J connectivity index is 1.92. The smallest absolute Gasteiger partial charge is 0.262 e. The number of rotatable bonds is 4. The Morgan fingerprint density at radius 1 is 1.36 bits per heavy atom. The molecule has 2 aromatic heterocycles. The van der Waals surface area contributed by atoms with Gasteiger partial charge in [-0.05, 0) is 50.5 Å². The molecule has 0 unspecified atom stereocenters. The van der Waals surface area contributed by atoms with Crippen molar-refractivity contribution in [2.75, 3.05) is 5.32 Å². The molecule has 1 atom stereocenters. The van der Waals surface area contributed by atoms with E-state index in [0.29, 0.717) is 5.39 Å². The fraction of sp³-hybridized carbons (Fsp3) is 0.316. The van der Waals surface area contributed by atoms with Crippen molar-refractivity contribution in [2.45, 2.75) is 40.2 Å². The quantitative estimate of drug-likeness (QED) is 0.773. The SMILES string of the molecule is CCc1cc2c(=O)n([C@H](C)C(=O)Nc3cccc(C)c3C)cnc2s1. The summed E-state index contributed by atoms with van der Waals surface area (Å²) in [4.78, 5) is 31.5. The highest BCUT2D eigenvalue weighted by atomic mass is 32.1. The van der Waals surface area contributed by atoms with Crippen LogP contribution in [0, 0.1) is 13.8 Å². The summed E-state index contributed by atoms with van der Waals surface area (Å²) in [5, 5.41) is 3.50. The molecule has 0 saturated carbocycles. The molecule has 25 heavy (non-hydrogen) atoms. The molecule has 0 bridgehead atoms. The molecule has 0 aliphatic rings. The maximum Gasteiger partial charge on any atom is 0.262 e. The lowest BCUT2D eigenvalue weighted by molar-refractivity contribution is -0.118.